The van der Waals surface area contributed by atoms with Gasteiger partial charge in [-0.15, -0.1) is 11.8 Å². The fourth-order valence-electron chi connectivity index (χ4n) is 8.72. The molecule has 4 atom stereocenters. The number of hydrogen-bond donors (Lipinski definition) is 4. The predicted octanol–water partition coefficient (Wildman–Crippen LogP) is 7.81. The molecule has 0 unspecified atom stereocenters. The van der Waals surface area contributed by atoms with Crippen molar-refractivity contribution in [3.8, 4) is 0 Å². The van der Waals surface area contributed by atoms with Crippen LogP contribution in [0.15, 0.2) is 77.7 Å². The second-order valence-corrected chi connectivity index (χ2v) is 15.3. The molecular formula is C38H45N3O5S. The van der Waals surface area contributed by atoms with Gasteiger partial charge in [0.15, 0.2) is 6.29 Å². The number of ether oxygens (including phenoxy) is 2. The van der Waals surface area contributed by atoms with Gasteiger partial charge in [-0.3, -0.25) is 4.79 Å². The van der Waals surface area contributed by atoms with Gasteiger partial charge in [-0.2, -0.15) is 0 Å². The van der Waals surface area contributed by atoms with Gasteiger partial charge in [0, 0.05) is 46.0 Å². The van der Waals surface area contributed by atoms with Gasteiger partial charge >= 0.3 is 6.03 Å². The molecule has 8 rings (SSSR count). The lowest BCUT2D eigenvalue weighted by Gasteiger charge is -2.56. The van der Waals surface area contributed by atoms with Crippen LogP contribution in [0.25, 0.3) is 0 Å². The summed E-state index contributed by atoms with van der Waals surface area (Å²) in [6.45, 7) is 3.65. The first-order valence-electron chi connectivity index (χ1n) is 16.9. The topological polar surface area (TPSA) is 109 Å². The van der Waals surface area contributed by atoms with Crippen LogP contribution in [0.2, 0.25) is 0 Å². The molecule has 1 aliphatic heterocycles. The van der Waals surface area contributed by atoms with Crippen molar-refractivity contribution in [2.45, 2.75) is 87.9 Å². The first-order valence-corrected chi connectivity index (χ1v) is 17.9. The van der Waals surface area contributed by atoms with E-state index >= 15 is 0 Å². The van der Waals surface area contributed by atoms with Crippen LogP contribution in [0.5, 0.6) is 0 Å². The lowest BCUT2D eigenvalue weighted by molar-refractivity contribution is -0.268. The van der Waals surface area contributed by atoms with Crippen molar-refractivity contribution in [2.24, 2.45) is 23.7 Å². The molecule has 4 saturated carbocycles. The summed E-state index contributed by atoms with van der Waals surface area (Å²) in [5.41, 5.74) is 4.26. The molecule has 1 saturated heterocycles. The van der Waals surface area contributed by atoms with Gasteiger partial charge < -0.3 is 30.5 Å². The monoisotopic (exact) mass is 655 g/mol. The minimum atomic E-state index is -0.587. The molecule has 5 aliphatic rings. The van der Waals surface area contributed by atoms with Gasteiger partial charge in [0.05, 0.1) is 18.8 Å². The Bertz CT molecular complexity index is 1530. The molecule has 3 amide bonds. The van der Waals surface area contributed by atoms with Crippen LogP contribution in [0.3, 0.4) is 0 Å². The third kappa shape index (κ3) is 7.38. The van der Waals surface area contributed by atoms with E-state index in [1.54, 1.807) is 11.8 Å². The standard InChI is InChI=1S/C38H45N3O5S/c1-23-34(22-47-33-13-11-31(12-14-33)39-24(2)43)45-36(46-35(23)29-5-3-25(21-42)4-6-29)30-7-9-32(10-8-30)40-37(44)41-38-18-26-15-27(19-38)17-28(16-26)20-38/h3-14,23,26-28,34-36,42H,15-22H2,1-2H3,(H,39,43)(H2,40,41,44)/t23-,26?,27?,28?,34+,35+,36+,38?/m0/s1. The van der Waals surface area contributed by atoms with E-state index in [1.807, 2.05) is 72.8 Å². The second kappa shape index (κ2) is 13.6. The number of anilines is 2. The summed E-state index contributed by atoms with van der Waals surface area (Å²) in [6.07, 6.45) is 6.47. The van der Waals surface area contributed by atoms with Crippen LogP contribution in [0.1, 0.15) is 81.5 Å². The van der Waals surface area contributed by atoms with E-state index in [2.05, 4.69) is 22.9 Å². The van der Waals surface area contributed by atoms with Crippen molar-refractivity contribution in [3.63, 3.8) is 0 Å². The summed E-state index contributed by atoms with van der Waals surface area (Å²) in [5.74, 6) is 3.00. The van der Waals surface area contributed by atoms with Gasteiger partial charge in [-0.1, -0.05) is 43.3 Å². The van der Waals surface area contributed by atoms with Crippen LogP contribution in [-0.2, 0) is 20.9 Å². The number of aliphatic hydroxyl groups is 1. The van der Waals surface area contributed by atoms with E-state index in [9.17, 15) is 14.7 Å². The molecule has 3 aromatic carbocycles. The number of nitrogens with one attached hydrogen (secondary N) is 3. The zero-order valence-electron chi connectivity index (χ0n) is 27.1. The summed E-state index contributed by atoms with van der Waals surface area (Å²) in [6, 6.07) is 23.4. The Morgan fingerprint density at radius 2 is 1.38 bits per heavy atom. The lowest BCUT2D eigenvalue weighted by Crippen LogP contribution is -2.60. The molecule has 9 heteroatoms. The number of amides is 3. The van der Waals surface area contributed by atoms with Crippen molar-refractivity contribution in [3.05, 3.63) is 89.5 Å². The van der Waals surface area contributed by atoms with Gasteiger partial charge in [-0.25, -0.2) is 4.79 Å². The Morgan fingerprint density at radius 3 is 1.98 bits per heavy atom. The molecule has 4 N–H and O–H groups in total. The number of thioether (sulfide) groups is 1. The van der Waals surface area contributed by atoms with E-state index in [0.29, 0.717) is 0 Å². The first kappa shape index (κ1) is 32.2. The molecule has 8 nitrogen and oxygen atoms in total. The van der Waals surface area contributed by atoms with E-state index in [1.165, 1.54) is 26.2 Å². The van der Waals surface area contributed by atoms with E-state index in [0.717, 1.165) is 75.7 Å². The number of benzene rings is 3. The maximum absolute atomic E-state index is 13.2. The smallest absolute Gasteiger partial charge is 0.319 e. The average Bonchev–Trinajstić information content (AvgIpc) is 3.04. The van der Waals surface area contributed by atoms with Crippen molar-refractivity contribution < 1.29 is 24.2 Å². The highest BCUT2D eigenvalue weighted by atomic mass is 32.2. The fraction of sp³-hybridized carbons (Fsp3) is 0.474. The lowest BCUT2D eigenvalue weighted by atomic mass is 9.53. The molecule has 3 aromatic rings. The first-order chi connectivity index (χ1) is 22.7. The molecule has 47 heavy (non-hydrogen) atoms. The van der Waals surface area contributed by atoms with E-state index in [4.69, 9.17) is 9.47 Å². The van der Waals surface area contributed by atoms with Crippen molar-refractivity contribution in [2.75, 3.05) is 16.4 Å². The van der Waals surface area contributed by atoms with Crippen LogP contribution in [0, 0.1) is 23.7 Å². The molecule has 248 valence electrons. The number of carbonyl (C=O) groups excluding carboxylic acids is 2. The number of rotatable bonds is 9. The number of aliphatic hydroxyl groups excluding tert-OH is 1. The van der Waals surface area contributed by atoms with Crippen LogP contribution in [-0.4, -0.2) is 34.4 Å². The van der Waals surface area contributed by atoms with Crippen LogP contribution < -0.4 is 16.0 Å². The van der Waals surface area contributed by atoms with E-state index in [-0.39, 0.29) is 42.2 Å². The van der Waals surface area contributed by atoms with Crippen molar-refractivity contribution in [1.29, 1.82) is 0 Å². The van der Waals surface area contributed by atoms with Crippen molar-refractivity contribution in [1.82, 2.24) is 5.32 Å². The largest absolute Gasteiger partial charge is 0.392 e. The Balaban J connectivity index is 1.03. The highest BCUT2D eigenvalue weighted by Gasteiger charge is 2.51. The SMILES string of the molecule is CC(=O)Nc1ccc(SC[C@H]2O[C@@H](c3ccc(NC(=O)NC45CC6CC(CC(C6)C4)C5)cc3)O[C@@H](c3ccc(CO)cc3)[C@H]2C)cc1. The predicted molar refractivity (Wildman–Crippen MR) is 184 cm³/mol. The zero-order valence-corrected chi connectivity index (χ0v) is 27.9. The summed E-state index contributed by atoms with van der Waals surface area (Å²) < 4.78 is 13.2. The van der Waals surface area contributed by atoms with Gasteiger partial charge in [0.1, 0.15) is 0 Å². The third-order valence-corrected chi connectivity index (χ3v) is 11.7. The molecular weight excluding hydrogens is 611 g/mol. The molecule has 0 aromatic heterocycles. The van der Waals surface area contributed by atoms with Gasteiger partial charge in [-0.05, 0) is 104 Å². The van der Waals surface area contributed by atoms with Gasteiger partial charge in [0.25, 0.3) is 0 Å². The maximum Gasteiger partial charge on any atom is 0.319 e. The quantitative estimate of drug-likeness (QED) is 0.175. The molecule has 0 radical (unpaired) electrons. The van der Waals surface area contributed by atoms with Crippen LogP contribution in [0.4, 0.5) is 16.2 Å². The average molecular weight is 656 g/mol. The minimum absolute atomic E-state index is 0.00592. The Morgan fingerprint density at radius 1 is 0.809 bits per heavy atom. The van der Waals surface area contributed by atoms with Gasteiger partial charge in [0.2, 0.25) is 5.91 Å². The highest BCUT2D eigenvalue weighted by molar-refractivity contribution is 7.99. The Labute approximate surface area is 281 Å². The normalized spacial score (nSPS) is 30.9. The summed E-state index contributed by atoms with van der Waals surface area (Å²) in [7, 11) is 0. The highest BCUT2D eigenvalue weighted by Crippen LogP contribution is 2.55. The Kier molecular flexibility index (Phi) is 9.33. The minimum Gasteiger partial charge on any atom is -0.392 e. The molecule has 4 aliphatic carbocycles. The van der Waals surface area contributed by atoms with Crippen LogP contribution >= 0.6 is 11.8 Å². The fourth-order valence-corrected chi connectivity index (χ4v) is 9.78. The molecule has 4 bridgehead atoms. The molecule has 1 heterocycles. The molecule has 5 fully saturated rings. The third-order valence-electron chi connectivity index (χ3n) is 10.6. The molecule has 0 spiro atoms. The summed E-state index contributed by atoms with van der Waals surface area (Å²) in [4.78, 5) is 25.6. The van der Waals surface area contributed by atoms with E-state index < -0.39 is 6.29 Å². The zero-order chi connectivity index (χ0) is 32.5. The number of carbonyl (C=O) groups is 2. The summed E-state index contributed by atoms with van der Waals surface area (Å²) >= 11 is 1.71. The Hall–Kier alpha value is -3.37. The second-order valence-electron chi connectivity index (χ2n) is 14.2. The maximum atomic E-state index is 13.2. The number of urea groups is 1. The number of hydrogen-bond acceptors (Lipinski definition) is 6. The van der Waals surface area contributed by atoms with Crippen molar-refractivity contribution >= 4 is 35.1 Å². The summed E-state index contributed by atoms with van der Waals surface area (Å²) in [5, 5.41) is 18.9.